The Morgan fingerprint density at radius 3 is 2.26 bits per heavy atom. The first kappa shape index (κ1) is 18.2. The van der Waals surface area contributed by atoms with Gasteiger partial charge in [0, 0.05) is 17.6 Å². The van der Waals surface area contributed by atoms with Crippen molar-refractivity contribution >= 4 is 11.6 Å². The number of nitrogens with zero attached hydrogens (tertiary/aromatic N) is 1. The second-order valence-corrected chi connectivity index (χ2v) is 8.07. The van der Waals surface area contributed by atoms with E-state index in [0.29, 0.717) is 5.41 Å². The second kappa shape index (κ2) is 7.83. The van der Waals surface area contributed by atoms with E-state index in [1.54, 1.807) is 0 Å². The van der Waals surface area contributed by atoms with Crippen molar-refractivity contribution in [3.63, 3.8) is 0 Å². The van der Waals surface area contributed by atoms with Gasteiger partial charge in [-0.05, 0) is 62.0 Å². The summed E-state index contributed by atoms with van der Waals surface area (Å²) in [6.07, 6.45) is 6.53. The van der Waals surface area contributed by atoms with E-state index < -0.39 is 6.04 Å². The maximum atomic E-state index is 12.4. The fourth-order valence-corrected chi connectivity index (χ4v) is 4.45. The molecule has 142 valence electrons. The lowest BCUT2D eigenvalue weighted by atomic mass is 9.64. The molecule has 4 rings (SSSR count). The Labute approximate surface area is 161 Å². The van der Waals surface area contributed by atoms with Crippen molar-refractivity contribution in [1.82, 2.24) is 4.90 Å². The lowest BCUT2D eigenvalue weighted by molar-refractivity contribution is -0.117. The van der Waals surface area contributed by atoms with E-state index in [1.807, 2.05) is 42.5 Å². The molecule has 0 radical (unpaired) electrons. The summed E-state index contributed by atoms with van der Waals surface area (Å²) in [6.45, 7) is 3.66. The predicted octanol–water partition coefficient (Wildman–Crippen LogP) is 3.84. The molecule has 1 amide bonds. The zero-order chi connectivity index (χ0) is 18.7. The molecule has 0 spiro atoms. The molecule has 4 nitrogen and oxygen atoms in total. The van der Waals surface area contributed by atoms with Crippen molar-refractivity contribution in [3.05, 3.63) is 65.7 Å². The molecule has 1 heterocycles. The van der Waals surface area contributed by atoms with Gasteiger partial charge in [-0.25, -0.2) is 0 Å². The van der Waals surface area contributed by atoms with Crippen LogP contribution in [0.3, 0.4) is 0 Å². The average Bonchev–Trinajstić information content (AvgIpc) is 3.18. The number of likely N-dealkylation sites (tertiary alicyclic amines) is 1. The van der Waals surface area contributed by atoms with E-state index in [0.717, 1.165) is 11.3 Å². The SMILES string of the molecule is NC(C(=O)Nc1ccc(C2(CN3CCCC3)CCC2)cc1)c1ccccc1. The molecule has 2 aliphatic rings. The van der Waals surface area contributed by atoms with E-state index >= 15 is 0 Å². The molecule has 4 heteroatoms. The van der Waals surface area contributed by atoms with E-state index in [-0.39, 0.29) is 5.91 Å². The first-order valence-electron chi connectivity index (χ1n) is 10.1. The van der Waals surface area contributed by atoms with Crippen LogP contribution in [0.15, 0.2) is 54.6 Å². The van der Waals surface area contributed by atoms with E-state index in [1.165, 1.54) is 57.3 Å². The van der Waals surface area contributed by atoms with E-state index in [2.05, 4.69) is 22.3 Å². The van der Waals surface area contributed by atoms with Crippen molar-refractivity contribution in [2.24, 2.45) is 5.73 Å². The van der Waals surface area contributed by atoms with Crippen LogP contribution in [0.25, 0.3) is 0 Å². The van der Waals surface area contributed by atoms with Gasteiger partial charge in [-0.3, -0.25) is 4.79 Å². The first-order valence-corrected chi connectivity index (χ1v) is 10.1. The number of benzene rings is 2. The number of amides is 1. The summed E-state index contributed by atoms with van der Waals surface area (Å²) >= 11 is 0. The zero-order valence-corrected chi connectivity index (χ0v) is 15.9. The summed E-state index contributed by atoms with van der Waals surface area (Å²) in [5.74, 6) is -0.177. The molecular formula is C23H29N3O. The van der Waals surface area contributed by atoms with E-state index in [9.17, 15) is 4.79 Å². The number of nitrogens with two attached hydrogens (primary N) is 1. The van der Waals surface area contributed by atoms with Gasteiger partial charge in [0.05, 0.1) is 0 Å². The number of rotatable bonds is 6. The minimum atomic E-state index is -0.654. The van der Waals surface area contributed by atoms with Gasteiger partial charge in [-0.2, -0.15) is 0 Å². The van der Waals surface area contributed by atoms with E-state index in [4.69, 9.17) is 5.73 Å². The van der Waals surface area contributed by atoms with Gasteiger partial charge in [-0.15, -0.1) is 0 Å². The highest BCUT2D eigenvalue weighted by molar-refractivity contribution is 5.95. The Bertz CT molecular complexity index is 762. The standard InChI is InChI=1S/C23H29N3O/c24-21(18-7-2-1-3-8-18)22(27)25-20-11-9-19(10-12-20)23(13-6-14-23)17-26-15-4-5-16-26/h1-3,7-12,21H,4-6,13-17,24H2,(H,25,27). The van der Waals surface area contributed by atoms with Gasteiger partial charge in [0.15, 0.2) is 0 Å². The smallest absolute Gasteiger partial charge is 0.245 e. The van der Waals surface area contributed by atoms with Crippen molar-refractivity contribution < 1.29 is 4.79 Å². The fourth-order valence-electron chi connectivity index (χ4n) is 4.45. The number of carbonyl (C=O) groups is 1. The molecule has 1 saturated heterocycles. The van der Waals surface area contributed by atoms with Crippen molar-refractivity contribution in [2.45, 2.75) is 43.6 Å². The number of carbonyl (C=O) groups excluding carboxylic acids is 1. The quantitative estimate of drug-likeness (QED) is 0.820. The third kappa shape index (κ3) is 3.92. The van der Waals surface area contributed by atoms with Crippen LogP contribution in [0.5, 0.6) is 0 Å². The van der Waals surface area contributed by atoms with Crippen molar-refractivity contribution in [1.29, 1.82) is 0 Å². The highest BCUT2D eigenvalue weighted by atomic mass is 16.2. The first-order chi connectivity index (χ1) is 13.2. The molecule has 3 N–H and O–H groups in total. The largest absolute Gasteiger partial charge is 0.324 e. The molecule has 1 aliphatic carbocycles. The molecule has 2 aromatic carbocycles. The van der Waals surface area contributed by atoms with Crippen molar-refractivity contribution in [2.75, 3.05) is 25.0 Å². The molecule has 1 unspecified atom stereocenters. The Balaban J connectivity index is 1.41. The van der Waals surface area contributed by atoms with Crippen LogP contribution < -0.4 is 11.1 Å². The molecule has 1 saturated carbocycles. The van der Waals surface area contributed by atoms with Crippen LogP contribution in [-0.4, -0.2) is 30.4 Å². The molecule has 0 aromatic heterocycles. The summed E-state index contributed by atoms with van der Waals surface area (Å²) in [5.41, 5.74) is 9.45. The maximum Gasteiger partial charge on any atom is 0.245 e. The highest BCUT2D eigenvalue weighted by Gasteiger charge is 2.40. The monoisotopic (exact) mass is 363 g/mol. The van der Waals surface area contributed by atoms with Crippen LogP contribution in [0.2, 0.25) is 0 Å². The second-order valence-electron chi connectivity index (χ2n) is 8.07. The van der Waals surface area contributed by atoms with Gasteiger partial charge in [0.2, 0.25) is 5.91 Å². The van der Waals surface area contributed by atoms with Gasteiger partial charge < -0.3 is 16.0 Å². The van der Waals surface area contributed by atoms with Gasteiger partial charge in [0.1, 0.15) is 6.04 Å². The molecular weight excluding hydrogens is 334 g/mol. The van der Waals surface area contributed by atoms with Crippen LogP contribution in [0.1, 0.15) is 49.3 Å². The number of nitrogens with one attached hydrogen (secondary N) is 1. The third-order valence-electron chi connectivity index (χ3n) is 6.24. The third-order valence-corrected chi connectivity index (χ3v) is 6.24. The van der Waals surface area contributed by atoms with Crippen molar-refractivity contribution in [3.8, 4) is 0 Å². The minimum Gasteiger partial charge on any atom is -0.324 e. The Morgan fingerprint density at radius 1 is 1.00 bits per heavy atom. The summed E-state index contributed by atoms with van der Waals surface area (Å²) in [5, 5.41) is 2.95. The molecule has 0 bridgehead atoms. The average molecular weight is 364 g/mol. The van der Waals surface area contributed by atoms with Gasteiger partial charge >= 0.3 is 0 Å². The molecule has 2 aromatic rings. The van der Waals surface area contributed by atoms with Crippen LogP contribution in [0, 0.1) is 0 Å². The Morgan fingerprint density at radius 2 is 1.67 bits per heavy atom. The zero-order valence-electron chi connectivity index (χ0n) is 15.9. The summed E-state index contributed by atoms with van der Waals surface area (Å²) < 4.78 is 0. The number of hydrogen-bond donors (Lipinski definition) is 2. The normalized spacial score (nSPS) is 20.0. The topological polar surface area (TPSA) is 58.4 Å². The minimum absolute atomic E-state index is 0.177. The number of hydrogen-bond acceptors (Lipinski definition) is 3. The maximum absolute atomic E-state index is 12.4. The summed E-state index contributed by atoms with van der Waals surface area (Å²) in [4.78, 5) is 15.1. The molecule has 27 heavy (non-hydrogen) atoms. The Hall–Kier alpha value is -2.17. The summed E-state index contributed by atoms with van der Waals surface area (Å²) in [6, 6.07) is 17.3. The van der Waals surface area contributed by atoms with Crippen LogP contribution >= 0.6 is 0 Å². The lowest BCUT2D eigenvalue weighted by Gasteiger charge is -2.45. The predicted molar refractivity (Wildman–Crippen MR) is 110 cm³/mol. The Kier molecular flexibility index (Phi) is 5.28. The fraction of sp³-hybridized carbons (Fsp3) is 0.435. The van der Waals surface area contributed by atoms with Crippen LogP contribution in [0.4, 0.5) is 5.69 Å². The molecule has 1 aliphatic heterocycles. The lowest BCUT2D eigenvalue weighted by Crippen LogP contribution is -2.44. The van der Waals surface area contributed by atoms with Gasteiger partial charge in [-0.1, -0.05) is 48.9 Å². The highest BCUT2D eigenvalue weighted by Crippen LogP contribution is 2.45. The van der Waals surface area contributed by atoms with Crippen LogP contribution in [-0.2, 0) is 10.2 Å². The van der Waals surface area contributed by atoms with Gasteiger partial charge in [0.25, 0.3) is 0 Å². The molecule has 1 atom stereocenters. The number of anilines is 1. The summed E-state index contributed by atoms with van der Waals surface area (Å²) in [7, 11) is 0. The molecule has 2 fully saturated rings.